The van der Waals surface area contributed by atoms with E-state index in [0.717, 1.165) is 35.0 Å². The van der Waals surface area contributed by atoms with Gasteiger partial charge in [0.2, 0.25) is 5.91 Å². The molecule has 1 saturated carbocycles. The fourth-order valence-corrected chi connectivity index (χ4v) is 2.75. The number of rotatable bonds is 2. The minimum Gasteiger partial charge on any atom is -0.342 e. The van der Waals surface area contributed by atoms with E-state index in [0.29, 0.717) is 6.42 Å². The normalized spacial score (nSPS) is 26.7. The van der Waals surface area contributed by atoms with Crippen molar-refractivity contribution in [1.29, 1.82) is 0 Å². The number of amides is 1. The summed E-state index contributed by atoms with van der Waals surface area (Å²) in [5.41, 5.74) is 1.11. The number of nitrogens with zero attached hydrogens (tertiary/aromatic N) is 1. The molecule has 1 amide bonds. The van der Waals surface area contributed by atoms with Crippen LogP contribution in [0.25, 0.3) is 0 Å². The van der Waals surface area contributed by atoms with Crippen LogP contribution in [0.3, 0.4) is 0 Å². The second-order valence-electron chi connectivity index (χ2n) is 4.86. The Labute approximate surface area is 104 Å². The molecule has 2 aliphatic rings. The van der Waals surface area contributed by atoms with Crippen LogP contribution >= 0.6 is 15.9 Å². The van der Waals surface area contributed by atoms with Crippen molar-refractivity contribution in [3.63, 3.8) is 0 Å². The average Bonchev–Trinajstić information content (AvgIpc) is 2.89. The third kappa shape index (κ3) is 2.01. The number of hydrogen-bond acceptors (Lipinski definition) is 1. The monoisotopic (exact) mass is 279 g/mol. The Hall–Kier alpha value is -0.830. The molecule has 3 rings (SSSR count). The molecule has 2 nitrogen and oxygen atoms in total. The lowest BCUT2D eigenvalue weighted by Crippen LogP contribution is -2.31. The number of carbonyl (C=O) groups excluding carboxylic acids is 1. The lowest BCUT2D eigenvalue weighted by atomic mass is 10.1. The number of halogens is 1. The molecule has 0 N–H and O–H groups in total. The molecule has 1 aromatic carbocycles. The fraction of sp³-hybridized carbons (Fsp3) is 0.462. The largest absolute Gasteiger partial charge is 0.342 e. The molecule has 1 aromatic rings. The van der Waals surface area contributed by atoms with E-state index < -0.39 is 0 Å². The van der Waals surface area contributed by atoms with Gasteiger partial charge < -0.3 is 4.90 Å². The Bertz CT molecular complexity index is 404. The quantitative estimate of drug-likeness (QED) is 0.815. The minimum absolute atomic E-state index is 0.287. The van der Waals surface area contributed by atoms with Crippen molar-refractivity contribution >= 4 is 21.8 Å². The highest BCUT2D eigenvalue weighted by atomic mass is 79.9. The van der Waals surface area contributed by atoms with Crippen LogP contribution in [0.15, 0.2) is 28.7 Å². The molecule has 2 atom stereocenters. The molecule has 1 heterocycles. The molecule has 0 radical (unpaired) electrons. The maximum absolute atomic E-state index is 12.0. The van der Waals surface area contributed by atoms with Gasteiger partial charge in [-0.05, 0) is 36.0 Å². The summed E-state index contributed by atoms with van der Waals surface area (Å²) in [6, 6.07) is 8.01. The first kappa shape index (κ1) is 10.3. The van der Waals surface area contributed by atoms with Gasteiger partial charge in [0.05, 0.1) is 6.42 Å². The summed E-state index contributed by atoms with van der Waals surface area (Å²) in [6.07, 6.45) is 1.90. The third-order valence-corrected chi connectivity index (χ3v) is 4.13. The first-order valence-corrected chi connectivity index (χ1v) is 6.54. The second-order valence-corrected chi connectivity index (χ2v) is 5.77. The van der Waals surface area contributed by atoms with Gasteiger partial charge in [-0.15, -0.1) is 0 Å². The van der Waals surface area contributed by atoms with Gasteiger partial charge in [-0.1, -0.05) is 28.1 Å². The maximum Gasteiger partial charge on any atom is 0.227 e. The second kappa shape index (κ2) is 3.88. The average molecular weight is 280 g/mol. The van der Waals surface area contributed by atoms with Gasteiger partial charge in [0, 0.05) is 17.6 Å². The Morgan fingerprint density at radius 2 is 1.88 bits per heavy atom. The highest BCUT2D eigenvalue weighted by Crippen LogP contribution is 2.44. The van der Waals surface area contributed by atoms with Crippen LogP contribution in [0.4, 0.5) is 0 Å². The Kier molecular flexibility index (Phi) is 2.51. The predicted octanol–water partition coefficient (Wildman–Crippen LogP) is 2.47. The summed E-state index contributed by atoms with van der Waals surface area (Å²) in [5.74, 6) is 1.94. The molecule has 0 spiro atoms. The van der Waals surface area contributed by atoms with Gasteiger partial charge in [-0.3, -0.25) is 4.79 Å². The van der Waals surface area contributed by atoms with Crippen LogP contribution in [-0.4, -0.2) is 23.9 Å². The Morgan fingerprint density at radius 1 is 1.25 bits per heavy atom. The Balaban J connectivity index is 1.61. The highest BCUT2D eigenvalue weighted by Gasteiger charge is 2.46. The van der Waals surface area contributed by atoms with Gasteiger partial charge in [-0.25, -0.2) is 0 Å². The molecule has 84 valence electrons. The van der Waals surface area contributed by atoms with Crippen molar-refractivity contribution in [1.82, 2.24) is 4.90 Å². The van der Waals surface area contributed by atoms with Crippen LogP contribution < -0.4 is 0 Å². The van der Waals surface area contributed by atoms with Crippen molar-refractivity contribution in [2.75, 3.05) is 13.1 Å². The molecule has 0 bridgehead atoms. The van der Waals surface area contributed by atoms with E-state index in [1.807, 2.05) is 29.2 Å². The van der Waals surface area contributed by atoms with Crippen LogP contribution in [0, 0.1) is 11.8 Å². The van der Waals surface area contributed by atoms with E-state index in [4.69, 9.17) is 0 Å². The summed E-state index contributed by atoms with van der Waals surface area (Å²) in [6.45, 7) is 2.00. The summed E-state index contributed by atoms with van der Waals surface area (Å²) in [5, 5.41) is 0. The molecular weight excluding hydrogens is 266 g/mol. The van der Waals surface area contributed by atoms with Crippen molar-refractivity contribution in [3.05, 3.63) is 34.3 Å². The fourth-order valence-electron chi connectivity index (χ4n) is 2.49. The summed E-state index contributed by atoms with van der Waals surface area (Å²) < 4.78 is 1.06. The van der Waals surface area contributed by atoms with Crippen LogP contribution in [0.2, 0.25) is 0 Å². The zero-order valence-electron chi connectivity index (χ0n) is 9.03. The summed E-state index contributed by atoms with van der Waals surface area (Å²) in [4.78, 5) is 14.0. The highest BCUT2D eigenvalue weighted by molar-refractivity contribution is 9.10. The molecule has 3 heteroatoms. The van der Waals surface area contributed by atoms with E-state index in [2.05, 4.69) is 15.9 Å². The van der Waals surface area contributed by atoms with Gasteiger partial charge in [0.25, 0.3) is 0 Å². The lowest BCUT2D eigenvalue weighted by Gasteiger charge is -2.17. The van der Waals surface area contributed by atoms with E-state index in [1.54, 1.807) is 0 Å². The zero-order chi connectivity index (χ0) is 11.1. The molecule has 1 aliphatic carbocycles. The van der Waals surface area contributed by atoms with Crippen LogP contribution in [0.5, 0.6) is 0 Å². The number of fused-ring (bicyclic) bond motifs is 1. The number of likely N-dealkylation sites (tertiary alicyclic amines) is 1. The number of piperidine rings is 1. The van der Waals surface area contributed by atoms with Crippen molar-refractivity contribution < 1.29 is 4.79 Å². The Morgan fingerprint density at radius 3 is 2.50 bits per heavy atom. The lowest BCUT2D eigenvalue weighted by molar-refractivity contribution is -0.129. The SMILES string of the molecule is O=C(Cc1ccc(Br)cc1)N1CC2CC2C1. The van der Waals surface area contributed by atoms with Crippen LogP contribution in [-0.2, 0) is 11.2 Å². The molecular formula is C13H14BrNO. The maximum atomic E-state index is 12.0. The van der Waals surface area contributed by atoms with Gasteiger partial charge in [0.1, 0.15) is 0 Å². The summed E-state index contributed by atoms with van der Waals surface area (Å²) in [7, 11) is 0. The topological polar surface area (TPSA) is 20.3 Å². The van der Waals surface area contributed by atoms with Gasteiger partial charge in [-0.2, -0.15) is 0 Å². The standard InChI is InChI=1S/C13H14BrNO/c14-12-3-1-9(2-4-12)5-13(16)15-7-10-6-11(10)8-15/h1-4,10-11H,5-8H2. The molecule has 16 heavy (non-hydrogen) atoms. The van der Waals surface area contributed by atoms with Crippen molar-refractivity contribution in [3.8, 4) is 0 Å². The molecule has 1 saturated heterocycles. The van der Waals surface area contributed by atoms with Gasteiger partial charge in [0.15, 0.2) is 0 Å². The van der Waals surface area contributed by atoms with E-state index in [9.17, 15) is 4.79 Å². The number of hydrogen-bond donors (Lipinski definition) is 0. The predicted molar refractivity (Wildman–Crippen MR) is 66.0 cm³/mol. The molecule has 2 unspecified atom stereocenters. The molecule has 1 aliphatic heterocycles. The minimum atomic E-state index is 0.287. The van der Waals surface area contributed by atoms with Gasteiger partial charge >= 0.3 is 0 Å². The van der Waals surface area contributed by atoms with Crippen molar-refractivity contribution in [2.24, 2.45) is 11.8 Å². The van der Waals surface area contributed by atoms with E-state index >= 15 is 0 Å². The number of carbonyl (C=O) groups is 1. The summed E-state index contributed by atoms with van der Waals surface area (Å²) >= 11 is 3.40. The molecule has 2 fully saturated rings. The third-order valence-electron chi connectivity index (χ3n) is 3.60. The van der Waals surface area contributed by atoms with Crippen molar-refractivity contribution in [2.45, 2.75) is 12.8 Å². The number of benzene rings is 1. The van der Waals surface area contributed by atoms with E-state index in [-0.39, 0.29) is 5.91 Å². The first-order valence-electron chi connectivity index (χ1n) is 5.74. The van der Waals surface area contributed by atoms with E-state index in [1.165, 1.54) is 6.42 Å². The van der Waals surface area contributed by atoms with Crippen LogP contribution in [0.1, 0.15) is 12.0 Å². The zero-order valence-corrected chi connectivity index (χ0v) is 10.6. The smallest absolute Gasteiger partial charge is 0.227 e. The molecule has 0 aromatic heterocycles. The first-order chi connectivity index (χ1) is 7.72.